The third kappa shape index (κ3) is 3.42. The number of nitrogens with zero attached hydrogens (tertiary/aromatic N) is 2. The van der Waals surface area contributed by atoms with Gasteiger partial charge < -0.3 is 10.4 Å². The number of carbonyl (C=O) groups excluding carboxylic acids is 1. The molecular formula is C11H9Cl2N3O2S. The van der Waals surface area contributed by atoms with E-state index in [9.17, 15) is 9.90 Å². The molecule has 1 aromatic carbocycles. The van der Waals surface area contributed by atoms with Crippen molar-refractivity contribution in [2.24, 2.45) is 0 Å². The second kappa shape index (κ2) is 6.29. The van der Waals surface area contributed by atoms with Gasteiger partial charge in [-0.25, -0.2) is 0 Å². The second-order valence-corrected chi connectivity index (χ2v) is 5.24. The highest BCUT2D eigenvalue weighted by Gasteiger charge is 2.17. The third-order valence-corrected chi connectivity index (χ3v) is 3.70. The Bertz CT molecular complexity index is 557. The van der Waals surface area contributed by atoms with Gasteiger partial charge in [0.05, 0.1) is 12.3 Å². The van der Waals surface area contributed by atoms with Crippen LogP contribution in [-0.2, 0) is 0 Å². The molecule has 1 unspecified atom stereocenters. The quantitative estimate of drug-likeness (QED) is 0.907. The lowest BCUT2D eigenvalue weighted by molar-refractivity contribution is 0.0920. The lowest BCUT2D eigenvalue weighted by atomic mass is 10.1. The number of hydrogen-bond donors (Lipinski definition) is 2. The zero-order chi connectivity index (χ0) is 13.8. The zero-order valence-corrected chi connectivity index (χ0v) is 11.8. The van der Waals surface area contributed by atoms with Crippen LogP contribution in [0.5, 0.6) is 0 Å². The summed E-state index contributed by atoms with van der Waals surface area (Å²) in [5, 5.41) is 16.8. The lowest BCUT2D eigenvalue weighted by Crippen LogP contribution is -2.28. The van der Waals surface area contributed by atoms with E-state index in [0.29, 0.717) is 20.5 Å². The van der Waals surface area contributed by atoms with Crippen molar-refractivity contribution in [3.05, 3.63) is 44.9 Å². The molecular weight excluding hydrogens is 309 g/mol. The minimum atomic E-state index is -0.981. The molecule has 0 radical (unpaired) electrons. The summed E-state index contributed by atoms with van der Waals surface area (Å²) < 4.78 is 3.58. The van der Waals surface area contributed by atoms with Crippen molar-refractivity contribution >= 4 is 40.6 Å². The summed E-state index contributed by atoms with van der Waals surface area (Å²) in [5.41, 5.74) is 0.397. The van der Waals surface area contributed by atoms with Crippen molar-refractivity contribution in [3.63, 3.8) is 0 Å². The second-order valence-electron chi connectivity index (χ2n) is 3.64. The van der Waals surface area contributed by atoms with Gasteiger partial charge in [0.2, 0.25) is 0 Å². The van der Waals surface area contributed by atoms with Crippen LogP contribution < -0.4 is 5.32 Å². The van der Waals surface area contributed by atoms with Gasteiger partial charge in [-0.3, -0.25) is 4.79 Å². The monoisotopic (exact) mass is 317 g/mol. The summed E-state index contributed by atoms with van der Waals surface area (Å²) in [5.74, 6) is -0.350. The molecule has 1 amide bonds. The normalized spacial score (nSPS) is 12.2. The van der Waals surface area contributed by atoms with Crippen LogP contribution in [0.2, 0.25) is 10.0 Å². The average molecular weight is 318 g/mol. The molecule has 8 heteroatoms. The molecule has 0 aliphatic heterocycles. The maximum absolute atomic E-state index is 11.7. The molecule has 0 fully saturated rings. The van der Waals surface area contributed by atoms with Crippen molar-refractivity contribution in [3.8, 4) is 0 Å². The Kier molecular flexibility index (Phi) is 4.71. The highest BCUT2D eigenvalue weighted by atomic mass is 35.5. The maximum atomic E-state index is 11.7. The predicted octanol–water partition coefficient (Wildman–Crippen LogP) is 2.31. The van der Waals surface area contributed by atoms with Crippen molar-refractivity contribution in [2.75, 3.05) is 6.54 Å². The molecule has 0 saturated carbocycles. The smallest absolute Gasteiger partial charge is 0.264 e. The van der Waals surface area contributed by atoms with E-state index < -0.39 is 6.10 Å². The van der Waals surface area contributed by atoms with Gasteiger partial charge in [-0.2, -0.15) is 0 Å². The number of rotatable bonds is 4. The lowest BCUT2D eigenvalue weighted by Gasteiger charge is -2.14. The first-order valence-corrected chi connectivity index (χ1v) is 6.80. The van der Waals surface area contributed by atoms with E-state index >= 15 is 0 Å². The first-order chi connectivity index (χ1) is 9.09. The van der Waals surface area contributed by atoms with E-state index in [4.69, 9.17) is 23.2 Å². The number of aliphatic hydroxyl groups is 1. The van der Waals surface area contributed by atoms with E-state index in [1.165, 1.54) is 6.20 Å². The number of carbonyl (C=O) groups is 1. The predicted molar refractivity (Wildman–Crippen MR) is 73.7 cm³/mol. The molecule has 0 aliphatic carbocycles. The van der Waals surface area contributed by atoms with Gasteiger partial charge in [-0.05, 0) is 23.7 Å². The van der Waals surface area contributed by atoms with E-state index in [1.54, 1.807) is 18.2 Å². The van der Waals surface area contributed by atoms with Crippen LogP contribution >= 0.6 is 34.7 Å². The van der Waals surface area contributed by atoms with Gasteiger partial charge in [0.1, 0.15) is 4.88 Å². The molecule has 1 aromatic heterocycles. The van der Waals surface area contributed by atoms with Gasteiger partial charge in [-0.1, -0.05) is 33.8 Å². The van der Waals surface area contributed by atoms with Crippen LogP contribution in [0.25, 0.3) is 0 Å². The zero-order valence-electron chi connectivity index (χ0n) is 9.51. The highest BCUT2D eigenvalue weighted by molar-refractivity contribution is 7.07. The summed E-state index contributed by atoms with van der Waals surface area (Å²) >= 11 is 12.9. The highest BCUT2D eigenvalue weighted by Crippen LogP contribution is 2.29. The summed E-state index contributed by atoms with van der Waals surface area (Å²) in [6.45, 7) is 0.000185. The Hall–Kier alpha value is -1.21. The molecule has 0 aliphatic rings. The number of amides is 1. The molecule has 0 saturated heterocycles. The molecule has 0 bridgehead atoms. The van der Waals surface area contributed by atoms with Crippen molar-refractivity contribution in [1.82, 2.24) is 14.9 Å². The molecule has 1 atom stereocenters. The molecule has 2 N–H and O–H groups in total. The fourth-order valence-corrected chi connectivity index (χ4v) is 2.56. The van der Waals surface area contributed by atoms with Gasteiger partial charge in [0.25, 0.3) is 5.91 Å². The Morgan fingerprint density at radius 1 is 1.42 bits per heavy atom. The van der Waals surface area contributed by atoms with Crippen LogP contribution in [0, 0.1) is 0 Å². The van der Waals surface area contributed by atoms with E-state index in [1.807, 2.05) is 0 Å². The molecule has 1 heterocycles. The Labute approximate surface area is 123 Å². The Morgan fingerprint density at radius 3 is 2.68 bits per heavy atom. The van der Waals surface area contributed by atoms with Crippen molar-refractivity contribution in [2.45, 2.75) is 6.10 Å². The van der Waals surface area contributed by atoms with E-state index in [2.05, 4.69) is 14.9 Å². The third-order valence-electron chi connectivity index (χ3n) is 2.37. The number of benzene rings is 1. The molecule has 100 valence electrons. The van der Waals surface area contributed by atoms with E-state index in [-0.39, 0.29) is 12.5 Å². The first kappa shape index (κ1) is 14.2. The SMILES string of the molecule is O=C(NCC(O)c1c(Cl)cccc1Cl)c1cnns1. The van der Waals surface area contributed by atoms with Crippen LogP contribution in [0.15, 0.2) is 24.4 Å². The molecule has 0 spiro atoms. The number of aliphatic hydroxyl groups excluding tert-OH is 1. The first-order valence-electron chi connectivity index (χ1n) is 5.27. The standard InChI is InChI=1S/C11H9Cl2N3O2S/c12-6-2-1-3-7(13)10(6)8(17)4-14-11(18)9-5-15-16-19-9/h1-3,5,8,17H,4H2,(H,14,18). The summed E-state index contributed by atoms with van der Waals surface area (Å²) in [7, 11) is 0. The summed E-state index contributed by atoms with van der Waals surface area (Å²) in [6.07, 6.45) is 0.375. The van der Waals surface area contributed by atoms with Crippen molar-refractivity contribution < 1.29 is 9.90 Å². The van der Waals surface area contributed by atoms with Crippen LogP contribution in [0.3, 0.4) is 0 Å². The molecule has 5 nitrogen and oxygen atoms in total. The van der Waals surface area contributed by atoms with Crippen molar-refractivity contribution in [1.29, 1.82) is 0 Å². The fraction of sp³-hybridized carbons (Fsp3) is 0.182. The van der Waals surface area contributed by atoms with Gasteiger partial charge >= 0.3 is 0 Å². The molecule has 2 aromatic rings. The minimum Gasteiger partial charge on any atom is -0.386 e. The minimum absolute atomic E-state index is 0.000185. The topological polar surface area (TPSA) is 75.1 Å². The molecule has 2 rings (SSSR count). The van der Waals surface area contributed by atoms with Gasteiger partial charge in [0, 0.05) is 22.2 Å². The number of aromatic nitrogens is 2. The number of halogens is 2. The Balaban J connectivity index is 2.02. The fourth-order valence-electron chi connectivity index (χ4n) is 1.47. The molecule has 19 heavy (non-hydrogen) atoms. The van der Waals surface area contributed by atoms with Gasteiger partial charge in [-0.15, -0.1) is 5.10 Å². The van der Waals surface area contributed by atoms with Crippen LogP contribution in [-0.4, -0.2) is 27.1 Å². The van der Waals surface area contributed by atoms with Crippen LogP contribution in [0.4, 0.5) is 0 Å². The Morgan fingerprint density at radius 2 is 2.11 bits per heavy atom. The van der Waals surface area contributed by atoms with E-state index in [0.717, 1.165) is 11.5 Å². The van der Waals surface area contributed by atoms with Gasteiger partial charge in [0.15, 0.2) is 0 Å². The summed E-state index contributed by atoms with van der Waals surface area (Å²) in [6, 6.07) is 4.93. The maximum Gasteiger partial charge on any atom is 0.264 e. The number of nitrogens with one attached hydrogen (secondary N) is 1. The van der Waals surface area contributed by atoms with Crippen LogP contribution in [0.1, 0.15) is 21.3 Å². The largest absolute Gasteiger partial charge is 0.386 e. The summed E-state index contributed by atoms with van der Waals surface area (Å²) in [4.78, 5) is 12.0. The average Bonchev–Trinajstić information content (AvgIpc) is 2.89. The number of hydrogen-bond acceptors (Lipinski definition) is 5.